The number of hydrogen-bond acceptors (Lipinski definition) is 4. The largest absolute Gasteiger partial charge is 0.480 e. The van der Waals surface area contributed by atoms with Crippen molar-refractivity contribution in [2.75, 3.05) is 13.1 Å². The van der Waals surface area contributed by atoms with E-state index >= 15 is 0 Å². The van der Waals surface area contributed by atoms with Gasteiger partial charge in [0.1, 0.15) is 0 Å². The number of carboxylic acids is 1. The first-order valence-electron chi connectivity index (χ1n) is 8.73. The Hall–Kier alpha value is -2.12. The van der Waals surface area contributed by atoms with Gasteiger partial charge in [-0.2, -0.15) is 0 Å². The first-order chi connectivity index (χ1) is 12.0. The maximum Gasteiger partial charge on any atom is 0.317 e. The van der Waals surface area contributed by atoms with Gasteiger partial charge in [0.05, 0.1) is 19.8 Å². The molecule has 1 fully saturated rings. The molecular weight excluding hydrogens is 322 g/mol. The Balaban J connectivity index is 1.38. The van der Waals surface area contributed by atoms with E-state index in [0.717, 1.165) is 18.4 Å². The van der Waals surface area contributed by atoms with Gasteiger partial charge in [-0.15, -0.1) is 0 Å². The highest BCUT2D eigenvalue weighted by atomic mass is 16.5. The maximum atomic E-state index is 12.0. The SMILES string of the molecule is CCN(CC(=O)O)C1CC(NC(=O)NCc2ccc3c(c2)COC3)C1. The summed E-state index contributed by atoms with van der Waals surface area (Å²) in [6, 6.07) is 6.31. The molecule has 3 rings (SSSR count). The molecule has 1 heterocycles. The highest BCUT2D eigenvalue weighted by molar-refractivity contribution is 5.74. The predicted molar refractivity (Wildman–Crippen MR) is 92.0 cm³/mol. The first-order valence-corrected chi connectivity index (χ1v) is 8.73. The number of amides is 2. The Kier molecular flexibility index (Phi) is 5.55. The average Bonchev–Trinajstić information content (AvgIpc) is 3.01. The monoisotopic (exact) mass is 347 g/mol. The molecule has 0 bridgehead atoms. The van der Waals surface area contributed by atoms with Crippen molar-refractivity contribution in [3.8, 4) is 0 Å². The van der Waals surface area contributed by atoms with Crippen LogP contribution in [0.3, 0.4) is 0 Å². The predicted octanol–water partition coefficient (Wildman–Crippen LogP) is 1.45. The molecule has 7 heteroatoms. The average molecular weight is 347 g/mol. The van der Waals surface area contributed by atoms with Crippen molar-refractivity contribution < 1.29 is 19.4 Å². The topological polar surface area (TPSA) is 90.9 Å². The van der Waals surface area contributed by atoms with E-state index in [4.69, 9.17) is 9.84 Å². The normalized spacial score (nSPS) is 21.5. The van der Waals surface area contributed by atoms with Crippen LogP contribution in [0.5, 0.6) is 0 Å². The molecule has 1 aliphatic heterocycles. The lowest BCUT2D eigenvalue weighted by molar-refractivity contribution is -0.139. The summed E-state index contributed by atoms with van der Waals surface area (Å²) in [5.74, 6) is -0.809. The van der Waals surface area contributed by atoms with Crippen molar-refractivity contribution in [3.05, 3.63) is 34.9 Å². The quantitative estimate of drug-likeness (QED) is 0.694. The van der Waals surface area contributed by atoms with E-state index in [1.165, 1.54) is 11.1 Å². The van der Waals surface area contributed by atoms with E-state index in [-0.39, 0.29) is 24.7 Å². The Labute approximate surface area is 147 Å². The minimum Gasteiger partial charge on any atom is -0.480 e. The fourth-order valence-corrected chi connectivity index (χ4v) is 3.43. The third-order valence-electron chi connectivity index (χ3n) is 4.95. The van der Waals surface area contributed by atoms with Gasteiger partial charge < -0.3 is 20.5 Å². The molecule has 1 saturated carbocycles. The van der Waals surface area contributed by atoms with Crippen molar-refractivity contribution in [1.29, 1.82) is 0 Å². The molecule has 0 saturated heterocycles. The van der Waals surface area contributed by atoms with Gasteiger partial charge in [-0.3, -0.25) is 9.69 Å². The number of aliphatic carboxylic acids is 1. The van der Waals surface area contributed by atoms with Crippen molar-refractivity contribution >= 4 is 12.0 Å². The van der Waals surface area contributed by atoms with Gasteiger partial charge in [0, 0.05) is 18.6 Å². The Morgan fingerprint density at radius 1 is 1.28 bits per heavy atom. The molecular formula is C18H25N3O4. The summed E-state index contributed by atoms with van der Waals surface area (Å²) in [4.78, 5) is 24.8. The summed E-state index contributed by atoms with van der Waals surface area (Å²) < 4.78 is 5.39. The fraction of sp³-hybridized carbons (Fsp3) is 0.556. The lowest BCUT2D eigenvalue weighted by Gasteiger charge is -2.42. The van der Waals surface area contributed by atoms with Gasteiger partial charge in [-0.05, 0) is 36.1 Å². The molecule has 2 aliphatic rings. The van der Waals surface area contributed by atoms with Crippen LogP contribution in [0.1, 0.15) is 36.5 Å². The molecule has 7 nitrogen and oxygen atoms in total. The smallest absolute Gasteiger partial charge is 0.317 e. The van der Waals surface area contributed by atoms with Crippen LogP contribution in [0.15, 0.2) is 18.2 Å². The number of nitrogens with one attached hydrogen (secondary N) is 2. The number of carboxylic acid groups (broad SMARTS) is 1. The van der Waals surface area contributed by atoms with Crippen LogP contribution in [0.2, 0.25) is 0 Å². The van der Waals surface area contributed by atoms with Gasteiger partial charge in [0.25, 0.3) is 0 Å². The zero-order valence-electron chi connectivity index (χ0n) is 14.5. The molecule has 0 spiro atoms. The van der Waals surface area contributed by atoms with E-state index in [2.05, 4.69) is 22.8 Å². The Morgan fingerprint density at radius 2 is 2.04 bits per heavy atom. The molecule has 1 aromatic carbocycles. The number of nitrogens with zero attached hydrogens (tertiary/aromatic N) is 1. The zero-order valence-corrected chi connectivity index (χ0v) is 14.5. The minimum atomic E-state index is -0.809. The number of carbonyl (C=O) groups is 2. The van der Waals surface area contributed by atoms with Crippen molar-refractivity contribution in [2.24, 2.45) is 0 Å². The summed E-state index contributed by atoms with van der Waals surface area (Å²) in [6.07, 6.45) is 1.59. The molecule has 1 aliphatic carbocycles. The third-order valence-corrected chi connectivity index (χ3v) is 4.95. The summed E-state index contributed by atoms with van der Waals surface area (Å²) in [5.41, 5.74) is 3.47. The summed E-state index contributed by atoms with van der Waals surface area (Å²) in [5, 5.41) is 14.7. The molecule has 0 atom stereocenters. The van der Waals surface area contributed by atoms with Crippen LogP contribution in [0, 0.1) is 0 Å². The molecule has 0 aromatic heterocycles. The lowest BCUT2D eigenvalue weighted by atomic mass is 9.85. The van der Waals surface area contributed by atoms with Crippen LogP contribution in [0.25, 0.3) is 0 Å². The zero-order chi connectivity index (χ0) is 17.8. The van der Waals surface area contributed by atoms with Crippen molar-refractivity contribution in [2.45, 2.75) is 51.6 Å². The second-order valence-corrected chi connectivity index (χ2v) is 6.70. The molecule has 2 amide bonds. The van der Waals surface area contributed by atoms with Crippen molar-refractivity contribution in [3.63, 3.8) is 0 Å². The number of fused-ring (bicyclic) bond motifs is 1. The summed E-state index contributed by atoms with van der Waals surface area (Å²) in [7, 11) is 0. The lowest BCUT2D eigenvalue weighted by Crippen LogP contribution is -2.56. The number of likely N-dealkylation sites (N-methyl/N-ethyl adjacent to an activating group) is 1. The van der Waals surface area contributed by atoms with Gasteiger partial charge in [-0.1, -0.05) is 25.1 Å². The molecule has 136 valence electrons. The van der Waals surface area contributed by atoms with Crippen molar-refractivity contribution in [1.82, 2.24) is 15.5 Å². The van der Waals surface area contributed by atoms with Gasteiger partial charge in [0.15, 0.2) is 0 Å². The highest BCUT2D eigenvalue weighted by Crippen LogP contribution is 2.25. The van der Waals surface area contributed by atoms with E-state index in [1.54, 1.807) is 0 Å². The summed E-state index contributed by atoms with van der Waals surface area (Å²) >= 11 is 0. The van der Waals surface area contributed by atoms with E-state index in [1.807, 2.05) is 17.9 Å². The third kappa shape index (κ3) is 4.49. The van der Waals surface area contributed by atoms with Crippen LogP contribution >= 0.6 is 0 Å². The Morgan fingerprint density at radius 3 is 2.76 bits per heavy atom. The minimum absolute atomic E-state index is 0.0577. The number of hydrogen-bond donors (Lipinski definition) is 3. The second-order valence-electron chi connectivity index (χ2n) is 6.70. The van der Waals surface area contributed by atoms with Gasteiger partial charge in [0.2, 0.25) is 0 Å². The van der Waals surface area contributed by atoms with Crippen LogP contribution < -0.4 is 10.6 Å². The second kappa shape index (κ2) is 7.84. The van der Waals surface area contributed by atoms with E-state index in [9.17, 15) is 9.59 Å². The molecule has 0 radical (unpaired) electrons. The maximum absolute atomic E-state index is 12.0. The van der Waals surface area contributed by atoms with E-state index < -0.39 is 5.97 Å². The number of urea groups is 1. The van der Waals surface area contributed by atoms with Gasteiger partial charge >= 0.3 is 12.0 Å². The number of rotatable bonds is 7. The van der Waals surface area contributed by atoms with Crippen LogP contribution in [-0.2, 0) is 29.3 Å². The van der Waals surface area contributed by atoms with Crippen LogP contribution in [-0.4, -0.2) is 47.2 Å². The van der Waals surface area contributed by atoms with Gasteiger partial charge in [-0.25, -0.2) is 4.79 Å². The Bertz CT molecular complexity index is 643. The summed E-state index contributed by atoms with van der Waals surface area (Å²) in [6.45, 7) is 4.51. The fourth-order valence-electron chi connectivity index (χ4n) is 3.43. The first kappa shape index (κ1) is 17.7. The molecule has 3 N–H and O–H groups in total. The number of ether oxygens (including phenoxy) is 1. The van der Waals surface area contributed by atoms with E-state index in [0.29, 0.717) is 26.3 Å². The molecule has 25 heavy (non-hydrogen) atoms. The molecule has 0 unspecified atom stereocenters. The number of carbonyl (C=O) groups excluding carboxylic acids is 1. The highest BCUT2D eigenvalue weighted by Gasteiger charge is 2.34. The molecule has 1 aromatic rings. The van der Waals surface area contributed by atoms with Crippen LogP contribution in [0.4, 0.5) is 4.79 Å². The number of benzene rings is 1. The standard InChI is InChI=1S/C18H25N3O4/c1-2-21(9-17(22)23)16-6-15(7-16)20-18(24)19-8-12-3-4-13-10-25-11-14(13)5-12/h3-5,15-16H,2,6-11H2,1H3,(H,22,23)(H2,19,20,24).